The molecule has 116 valence electrons. The molecular formula is C16H23NO4. The largest absolute Gasteiger partial charge is 0.491 e. The average Bonchev–Trinajstić information content (AvgIpc) is 2.89. The van der Waals surface area contributed by atoms with Crippen molar-refractivity contribution in [3.05, 3.63) is 24.3 Å². The first kappa shape index (κ1) is 15.6. The molecule has 1 aromatic rings. The van der Waals surface area contributed by atoms with Crippen molar-refractivity contribution in [3.8, 4) is 5.75 Å². The molecule has 0 saturated carbocycles. The van der Waals surface area contributed by atoms with E-state index in [1.807, 2.05) is 32.9 Å². The molecule has 21 heavy (non-hydrogen) atoms. The fourth-order valence-corrected chi connectivity index (χ4v) is 2.02. The van der Waals surface area contributed by atoms with Gasteiger partial charge in [0.1, 0.15) is 18.0 Å². The van der Waals surface area contributed by atoms with Crippen LogP contribution in [0.1, 0.15) is 33.6 Å². The molecule has 1 aromatic carbocycles. The van der Waals surface area contributed by atoms with Gasteiger partial charge in [0.15, 0.2) is 0 Å². The summed E-state index contributed by atoms with van der Waals surface area (Å²) in [5.74, 6) is 0.764. The van der Waals surface area contributed by atoms with E-state index in [2.05, 4.69) is 5.32 Å². The molecule has 2 rings (SSSR count). The monoisotopic (exact) mass is 293 g/mol. The Morgan fingerprint density at radius 1 is 1.33 bits per heavy atom. The predicted octanol–water partition coefficient (Wildman–Crippen LogP) is 3.59. The second-order valence-electron chi connectivity index (χ2n) is 6.10. The van der Waals surface area contributed by atoms with E-state index >= 15 is 0 Å². The van der Waals surface area contributed by atoms with Gasteiger partial charge in [0.2, 0.25) is 0 Å². The Bertz CT molecular complexity index is 458. The molecular weight excluding hydrogens is 270 g/mol. The second kappa shape index (κ2) is 6.80. The molecule has 0 aromatic heterocycles. The van der Waals surface area contributed by atoms with Gasteiger partial charge >= 0.3 is 6.09 Å². The average molecular weight is 293 g/mol. The van der Waals surface area contributed by atoms with E-state index in [4.69, 9.17) is 14.2 Å². The fraction of sp³-hybridized carbons (Fsp3) is 0.562. The molecule has 1 fully saturated rings. The number of amides is 1. The normalized spacial score (nSPS) is 18.3. The van der Waals surface area contributed by atoms with Crippen LogP contribution in [-0.4, -0.2) is 31.0 Å². The van der Waals surface area contributed by atoms with E-state index in [9.17, 15) is 4.79 Å². The molecule has 1 amide bonds. The maximum Gasteiger partial charge on any atom is 0.412 e. The first-order chi connectivity index (χ1) is 9.92. The molecule has 0 unspecified atom stereocenters. The van der Waals surface area contributed by atoms with Crippen LogP contribution in [0.5, 0.6) is 5.75 Å². The van der Waals surface area contributed by atoms with Crippen LogP contribution in [0.2, 0.25) is 0 Å². The van der Waals surface area contributed by atoms with Crippen LogP contribution >= 0.6 is 0 Å². The summed E-state index contributed by atoms with van der Waals surface area (Å²) in [7, 11) is 0. The van der Waals surface area contributed by atoms with Gasteiger partial charge in [-0.25, -0.2) is 4.79 Å². The summed E-state index contributed by atoms with van der Waals surface area (Å²) in [6.07, 6.45) is 1.89. The van der Waals surface area contributed by atoms with Crippen molar-refractivity contribution in [2.45, 2.75) is 45.3 Å². The third-order valence-corrected chi connectivity index (χ3v) is 2.96. The molecule has 0 spiro atoms. The number of hydrogen-bond donors (Lipinski definition) is 1. The Morgan fingerprint density at radius 3 is 2.62 bits per heavy atom. The summed E-state index contributed by atoms with van der Waals surface area (Å²) in [5.41, 5.74) is 0.169. The Hall–Kier alpha value is -1.75. The summed E-state index contributed by atoms with van der Waals surface area (Å²) >= 11 is 0. The lowest BCUT2D eigenvalue weighted by molar-refractivity contribution is 0.0636. The molecule has 1 N–H and O–H groups in total. The van der Waals surface area contributed by atoms with E-state index in [0.717, 1.165) is 25.2 Å². The fourth-order valence-electron chi connectivity index (χ4n) is 2.02. The summed E-state index contributed by atoms with van der Waals surface area (Å²) in [6.45, 7) is 6.88. The smallest absolute Gasteiger partial charge is 0.412 e. The number of carbonyl (C=O) groups is 1. The van der Waals surface area contributed by atoms with Gasteiger partial charge in [-0.2, -0.15) is 0 Å². The van der Waals surface area contributed by atoms with Crippen LogP contribution in [0, 0.1) is 0 Å². The van der Waals surface area contributed by atoms with Crippen molar-refractivity contribution in [1.82, 2.24) is 0 Å². The summed E-state index contributed by atoms with van der Waals surface area (Å²) in [6, 6.07) is 7.22. The summed E-state index contributed by atoms with van der Waals surface area (Å²) in [4.78, 5) is 11.6. The van der Waals surface area contributed by atoms with E-state index in [1.54, 1.807) is 12.1 Å². The Kier molecular flexibility index (Phi) is 5.07. The minimum Gasteiger partial charge on any atom is -0.491 e. The van der Waals surface area contributed by atoms with Gasteiger partial charge in [-0.3, -0.25) is 5.32 Å². The first-order valence-corrected chi connectivity index (χ1v) is 7.27. The Labute approximate surface area is 125 Å². The lowest BCUT2D eigenvalue weighted by Crippen LogP contribution is -2.27. The van der Waals surface area contributed by atoms with Crippen molar-refractivity contribution in [3.63, 3.8) is 0 Å². The van der Waals surface area contributed by atoms with Gasteiger partial charge in [-0.15, -0.1) is 0 Å². The summed E-state index contributed by atoms with van der Waals surface area (Å²) in [5, 5.41) is 2.68. The number of hydrogen-bond acceptors (Lipinski definition) is 4. The lowest BCUT2D eigenvalue weighted by Gasteiger charge is -2.19. The molecule has 0 bridgehead atoms. The Balaban J connectivity index is 1.79. The van der Waals surface area contributed by atoms with Crippen LogP contribution in [-0.2, 0) is 9.47 Å². The van der Waals surface area contributed by atoms with Gasteiger partial charge in [-0.1, -0.05) is 0 Å². The van der Waals surface area contributed by atoms with Crippen LogP contribution < -0.4 is 10.1 Å². The molecule has 1 heterocycles. The van der Waals surface area contributed by atoms with Crippen molar-refractivity contribution in [2.75, 3.05) is 18.5 Å². The van der Waals surface area contributed by atoms with Gasteiger partial charge in [-0.05, 0) is 57.9 Å². The standard InChI is InChI=1S/C16H23NO4/c1-16(2,3)21-15(18)17-12-6-8-13(9-7-12)20-11-14-5-4-10-19-14/h6-9,14H,4-5,10-11H2,1-3H3,(H,17,18)/t14-/m0/s1. The predicted molar refractivity (Wildman–Crippen MR) is 80.8 cm³/mol. The van der Waals surface area contributed by atoms with Crippen molar-refractivity contribution in [2.24, 2.45) is 0 Å². The number of ether oxygens (including phenoxy) is 3. The maximum absolute atomic E-state index is 11.6. The van der Waals surface area contributed by atoms with E-state index in [-0.39, 0.29) is 6.10 Å². The maximum atomic E-state index is 11.6. The zero-order valence-corrected chi connectivity index (χ0v) is 12.8. The van der Waals surface area contributed by atoms with Gasteiger partial charge in [0, 0.05) is 12.3 Å². The lowest BCUT2D eigenvalue weighted by atomic mass is 10.2. The van der Waals surface area contributed by atoms with Crippen molar-refractivity contribution in [1.29, 1.82) is 0 Å². The molecule has 0 aliphatic carbocycles. The Morgan fingerprint density at radius 2 is 2.05 bits per heavy atom. The minimum absolute atomic E-state index is 0.199. The quantitative estimate of drug-likeness (QED) is 0.921. The second-order valence-corrected chi connectivity index (χ2v) is 6.10. The highest BCUT2D eigenvalue weighted by atomic mass is 16.6. The number of benzene rings is 1. The van der Waals surface area contributed by atoms with Crippen molar-refractivity contribution < 1.29 is 19.0 Å². The van der Waals surface area contributed by atoms with E-state index in [1.165, 1.54) is 0 Å². The molecule has 0 radical (unpaired) electrons. The van der Waals surface area contributed by atoms with Crippen LogP contribution in [0.15, 0.2) is 24.3 Å². The number of anilines is 1. The van der Waals surface area contributed by atoms with Crippen molar-refractivity contribution >= 4 is 11.8 Å². The topological polar surface area (TPSA) is 56.8 Å². The first-order valence-electron chi connectivity index (χ1n) is 7.27. The highest BCUT2D eigenvalue weighted by Crippen LogP contribution is 2.19. The zero-order valence-electron chi connectivity index (χ0n) is 12.8. The van der Waals surface area contributed by atoms with Gasteiger partial charge in [0.25, 0.3) is 0 Å². The zero-order chi connectivity index (χ0) is 15.3. The minimum atomic E-state index is -0.506. The third-order valence-electron chi connectivity index (χ3n) is 2.96. The highest BCUT2D eigenvalue weighted by Gasteiger charge is 2.17. The summed E-state index contributed by atoms with van der Waals surface area (Å²) < 4.78 is 16.3. The highest BCUT2D eigenvalue weighted by molar-refractivity contribution is 5.84. The molecule has 1 aliphatic rings. The number of carbonyl (C=O) groups excluding carboxylic acids is 1. The van der Waals surface area contributed by atoms with Crippen LogP contribution in [0.4, 0.5) is 10.5 Å². The van der Waals surface area contributed by atoms with Gasteiger partial charge < -0.3 is 14.2 Å². The third kappa shape index (κ3) is 5.63. The molecule has 1 saturated heterocycles. The van der Waals surface area contributed by atoms with Crippen LogP contribution in [0.3, 0.4) is 0 Å². The molecule has 5 nitrogen and oxygen atoms in total. The van der Waals surface area contributed by atoms with E-state index < -0.39 is 11.7 Å². The molecule has 1 aliphatic heterocycles. The SMILES string of the molecule is CC(C)(C)OC(=O)Nc1ccc(OC[C@@H]2CCCO2)cc1. The van der Waals surface area contributed by atoms with E-state index in [0.29, 0.717) is 12.3 Å². The molecule has 1 atom stereocenters. The number of rotatable bonds is 4. The van der Waals surface area contributed by atoms with Gasteiger partial charge in [0.05, 0.1) is 6.10 Å². The van der Waals surface area contributed by atoms with Crippen LogP contribution in [0.25, 0.3) is 0 Å². The molecule has 5 heteroatoms. The number of nitrogens with one attached hydrogen (secondary N) is 1.